The zero-order chi connectivity index (χ0) is 19.0. The third-order valence-electron chi connectivity index (χ3n) is 4.68. The molecule has 2 N–H and O–H groups in total. The smallest absolute Gasteiger partial charge is 0.244 e. The van der Waals surface area contributed by atoms with Gasteiger partial charge >= 0.3 is 0 Å². The first-order valence-corrected chi connectivity index (χ1v) is 9.53. The van der Waals surface area contributed by atoms with Crippen LogP contribution in [0.25, 0.3) is 11.3 Å². The van der Waals surface area contributed by atoms with Crippen molar-refractivity contribution in [1.82, 2.24) is 10.2 Å². The molecule has 0 bridgehead atoms. The molecule has 2 aromatic heterocycles. The summed E-state index contributed by atoms with van der Waals surface area (Å²) in [6, 6.07) is 12.0. The highest BCUT2D eigenvalue weighted by Gasteiger charge is 2.41. The number of nitrogens with zero attached hydrogens (tertiary/aromatic N) is 2. The molecular formula is C20H18N4O2S. The highest BCUT2D eigenvalue weighted by Crippen LogP contribution is 2.47. The number of aryl methyl sites for hydroxylation is 1. The summed E-state index contributed by atoms with van der Waals surface area (Å²) in [5.74, 6) is 0.134. The summed E-state index contributed by atoms with van der Waals surface area (Å²) >= 11 is 1.59. The van der Waals surface area contributed by atoms with Crippen LogP contribution in [0.2, 0.25) is 0 Å². The third kappa shape index (κ3) is 2.88. The molecule has 7 heteroatoms. The van der Waals surface area contributed by atoms with Crippen molar-refractivity contribution in [2.45, 2.75) is 19.8 Å². The molecule has 1 aliphatic heterocycles. The van der Waals surface area contributed by atoms with Crippen LogP contribution in [0, 0.1) is 29.6 Å². The van der Waals surface area contributed by atoms with Crippen LogP contribution in [0.5, 0.6) is 11.6 Å². The van der Waals surface area contributed by atoms with Gasteiger partial charge in [-0.05, 0) is 55.1 Å². The van der Waals surface area contributed by atoms with Crippen LogP contribution in [0.3, 0.4) is 0 Å². The van der Waals surface area contributed by atoms with Gasteiger partial charge in [0, 0.05) is 10.4 Å². The molecule has 6 nitrogen and oxygen atoms in total. The number of benzene rings is 1. The Morgan fingerprint density at radius 3 is 2.74 bits per heavy atom. The van der Waals surface area contributed by atoms with E-state index in [1.807, 2.05) is 49.6 Å². The fourth-order valence-electron chi connectivity index (χ4n) is 3.41. The van der Waals surface area contributed by atoms with Gasteiger partial charge in [0.05, 0.1) is 29.9 Å². The molecule has 3 heterocycles. The maximum absolute atomic E-state index is 9.73. The van der Waals surface area contributed by atoms with Gasteiger partial charge < -0.3 is 9.47 Å². The third-order valence-corrected chi connectivity index (χ3v) is 5.78. The summed E-state index contributed by atoms with van der Waals surface area (Å²) < 4.78 is 11.1. The van der Waals surface area contributed by atoms with Gasteiger partial charge in [-0.25, -0.2) is 0 Å². The first kappa shape index (κ1) is 17.3. The van der Waals surface area contributed by atoms with Crippen LogP contribution < -0.4 is 9.47 Å². The highest BCUT2D eigenvalue weighted by atomic mass is 32.1. The van der Waals surface area contributed by atoms with Gasteiger partial charge in [-0.3, -0.25) is 10.5 Å². The number of hydrogen-bond acceptors (Lipinski definition) is 6. The van der Waals surface area contributed by atoms with Crippen molar-refractivity contribution in [3.8, 4) is 29.0 Å². The molecule has 0 saturated carbocycles. The van der Waals surface area contributed by atoms with Crippen molar-refractivity contribution in [2.75, 3.05) is 6.61 Å². The van der Waals surface area contributed by atoms with E-state index in [-0.39, 0.29) is 11.8 Å². The topological polar surface area (TPSA) is 94.8 Å². The predicted octanol–water partition coefficient (Wildman–Crippen LogP) is 4.49. The molecule has 0 amide bonds. The van der Waals surface area contributed by atoms with Crippen molar-refractivity contribution in [2.24, 2.45) is 5.92 Å². The second-order valence-corrected chi connectivity index (χ2v) is 7.24. The molecule has 0 radical (unpaired) electrons. The number of rotatable bonds is 4. The van der Waals surface area contributed by atoms with Crippen molar-refractivity contribution in [3.05, 3.63) is 51.7 Å². The lowest BCUT2D eigenvalue weighted by Gasteiger charge is -2.27. The Kier molecular flexibility index (Phi) is 4.42. The largest absolute Gasteiger partial charge is 0.494 e. The number of nitrogens with one attached hydrogen (secondary N) is 2. The van der Waals surface area contributed by atoms with Gasteiger partial charge in [-0.15, -0.1) is 16.4 Å². The van der Waals surface area contributed by atoms with Crippen LogP contribution in [0.4, 0.5) is 0 Å². The van der Waals surface area contributed by atoms with E-state index in [2.05, 4.69) is 16.3 Å². The lowest BCUT2D eigenvalue weighted by atomic mass is 9.81. The quantitative estimate of drug-likeness (QED) is 0.699. The summed E-state index contributed by atoms with van der Waals surface area (Å²) in [6.07, 6.45) is 0. The fourth-order valence-corrected chi connectivity index (χ4v) is 4.48. The lowest BCUT2D eigenvalue weighted by molar-refractivity contribution is 0.340. The van der Waals surface area contributed by atoms with E-state index in [1.165, 1.54) is 0 Å². The number of aromatic nitrogens is 2. The number of nitriles is 1. The first-order valence-electron chi connectivity index (χ1n) is 8.65. The zero-order valence-electron chi connectivity index (χ0n) is 14.9. The molecule has 0 fully saturated rings. The molecule has 0 aliphatic carbocycles. The molecule has 4 rings (SSSR count). The Bertz CT molecular complexity index is 1030. The summed E-state index contributed by atoms with van der Waals surface area (Å²) in [7, 11) is 0. The summed E-state index contributed by atoms with van der Waals surface area (Å²) in [4.78, 5) is 1.06. The Labute approximate surface area is 160 Å². The Morgan fingerprint density at radius 2 is 2.11 bits per heavy atom. The molecule has 2 atom stereocenters. The van der Waals surface area contributed by atoms with Crippen LogP contribution in [-0.4, -0.2) is 22.7 Å². The normalized spacial score (nSPS) is 18.5. The fraction of sp³-hybridized carbons (Fsp3) is 0.250. The van der Waals surface area contributed by atoms with E-state index in [0.717, 1.165) is 33.0 Å². The Balaban J connectivity index is 1.86. The second-order valence-electron chi connectivity index (χ2n) is 6.29. The lowest BCUT2D eigenvalue weighted by Crippen LogP contribution is -2.30. The van der Waals surface area contributed by atoms with Crippen molar-refractivity contribution in [1.29, 1.82) is 10.7 Å². The average molecular weight is 378 g/mol. The molecule has 1 aromatic carbocycles. The van der Waals surface area contributed by atoms with E-state index in [0.29, 0.717) is 12.5 Å². The highest BCUT2D eigenvalue weighted by molar-refractivity contribution is 7.10. The molecular weight excluding hydrogens is 360 g/mol. The van der Waals surface area contributed by atoms with E-state index in [4.69, 9.17) is 14.9 Å². The molecule has 3 aromatic rings. The molecule has 136 valence electrons. The van der Waals surface area contributed by atoms with Crippen molar-refractivity contribution >= 4 is 17.2 Å². The molecule has 27 heavy (non-hydrogen) atoms. The number of H-pyrrole nitrogens is 1. The molecule has 2 unspecified atom stereocenters. The van der Waals surface area contributed by atoms with Gasteiger partial charge in [0.1, 0.15) is 11.7 Å². The zero-order valence-corrected chi connectivity index (χ0v) is 15.8. The van der Waals surface area contributed by atoms with Crippen molar-refractivity contribution < 1.29 is 9.47 Å². The number of ether oxygens (including phenoxy) is 2. The van der Waals surface area contributed by atoms with E-state index < -0.39 is 5.92 Å². The van der Waals surface area contributed by atoms with Gasteiger partial charge in [0.2, 0.25) is 11.8 Å². The Morgan fingerprint density at radius 1 is 1.33 bits per heavy atom. The van der Waals surface area contributed by atoms with Crippen LogP contribution in [0.15, 0.2) is 35.7 Å². The van der Waals surface area contributed by atoms with E-state index >= 15 is 0 Å². The van der Waals surface area contributed by atoms with Gasteiger partial charge in [-0.1, -0.05) is 0 Å². The van der Waals surface area contributed by atoms with Gasteiger partial charge in [0.25, 0.3) is 0 Å². The molecule has 0 spiro atoms. The summed E-state index contributed by atoms with van der Waals surface area (Å²) in [6.45, 7) is 4.58. The number of thiophene rings is 1. The van der Waals surface area contributed by atoms with Gasteiger partial charge in [-0.2, -0.15) is 5.26 Å². The Hall–Kier alpha value is -3.11. The first-order chi connectivity index (χ1) is 13.1. The maximum Gasteiger partial charge on any atom is 0.244 e. The standard InChI is InChI=1S/C20H18N4O2S/c1-3-25-13-6-4-12(5-7-13)17-16-15(18-11(2)8-9-27-18)14(10-21)19(22)26-20(16)24-23-17/h4-9,14-15,22H,3H2,1-2H3,(H,23,24). The average Bonchev–Trinajstić information content (AvgIpc) is 3.27. The molecule has 1 aliphatic rings. The van der Waals surface area contributed by atoms with Gasteiger partial charge in [0.15, 0.2) is 0 Å². The summed E-state index contributed by atoms with van der Waals surface area (Å²) in [5, 5.41) is 27.2. The van der Waals surface area contributed by atoms with E-state index in [1.54, 1.807) is 11.3 Å². The second kappa shape index (κ2) is 6.89. The number of hydrogen-bond donors (Lipinski definition) is 2. The molecule has 0 saturated heterocycles. The maximum atomic E-state index is 9.73. The summed E-state index contributed by atoms with van der Waals surface area (Å²) in [5.41, 5.74) is 3.66. The number of fused-ring (bicyclic) bond motifs is 1. The van der Waals surface area contributed by atoms with Crippen LogP contribution in [0.1, 0.15) is 28.8 Å². The SMILES string of the molecule is CCOc1ccc(-c2[nH]nc3c2C(c2sccc2C)C(C#N)C(=N)O3)cc1. The number of aromatic amines is 1. The predicted molar refractivity (Wildman–Crippen MR) is 104 cm³/mol. The minimum Gasteiger partial charge on any atom is -0.494 e. The van der Waals surface area contributed by atoms with Crippen LogP contribution >= 0.6 is 11.3 Å². The minimum atomic E-state index is -0.686. The van der Waals surface area contributed by atoms with Crippen molar-refractivity contribution in [3.63, 3.8) is 0 Å². The van der Waals surface area contributed by atoms with E-state index in [9.17, 15) is 5.26 Å². The minimum absolute atomic E-state index is 0.0625. The van der Waals surface area contributed by atoms with Crippen LogP contribution in [-0.2, 0) is 0 Å². The monoisotopic (exact) mass is 378 g/mol.